The number of methoxy groups -OCH3 is 1. The molecule has 3 aromatic rings. The molecule has 0 aliphatic heterocycles. The molecule has 1 aromatic heterocycles. The van der Waals surface area contributed by atoms with E-state index >= 15 is 0 Å². The van der Waals surface area contributed by atoms with Gasteiger partial charge < -0.3 is 9.84 Å². The van der Waals surface area contributed by atoms with Crippen molar-refractivity contribution in [2.24, 2.45) is 0 Å². The van der Waals surface area contributed by atoms with Crippen molar-refractivity contribution in [3.05, 3.63) is 72.1 Å². The van der Waals surface area contributed by atoms with Gasteiger partial charge in [-0.3, -0.25) is 4.98 Å². The Labute approximate surface area is 117 Å². The molecule has 0 bridgehead atoms. The van der Waals surface area contributed by atoms with Gasteiger partial charge in [0, 0.05) is 6.20 Å². The molecule has 100 valence electrons. The van der Waals surface area contributed by atoms with Crippen LogP contribution in [0.1, 0.15) is 17.4 Å². The Morgan fingerprint density at radius 3 is 2.55 bits per heavy atom. The molecule has 2 aromatic carbocycles. The summed E-state index contributed by atoms with van der Waals surface area (Å²) in [7, 11) is 1.65. The van der Waals surface area contributed by atoms with Crippen LogP contribution in [0.5, 0.6) is 5.75 Å². The van der Waals surface area contributed by atoms with Crippen LogP contribution in [-0.4, -0.2) is 17.2 Å². The van der Waals surface area contributed by atoms with Crippen LogP contribution < -0.4 is 4.74 Å². The molecule has 0 aliphatic rings. The van der Waals surface area contributed by atoms with Gasteiger partial charge in [-0.15, -0.1) is 0 Å². The molecule has 0 unspecified atom stereocenters. The van der Waals surface area contributed by atoms with Gasteiger partial charge in [0.2, 0.25) is 0 Å². The van der Waals surface area contributed by atoms with Crippen LogP contribution >= 0.6 is 0 Å². The molecule has 3 rings (SSSR count). The van der Waals surface area contributed by atoms with Gasteiger partial charge >= 0.3 is 0 Å². The molecule has 0 fully saturated rings. The summed E-state index contributed by atoms with van der Waals surface area (Å²) in [5.74, 6) is 0.829. The fourth-order valence-corrected chi connectivity index (χ4v) is 2.25. The summed E-state index contributed by atoms with van der Waals surface area (Å²) >= 11 is 0. The number of rotatable bonds is 3. The maximum atomic E-state index is 10.4. The molecule has 0 saturated carbocycles. The highest BCUT2D eigenvalue weighted by Crippen LogP contribution is 2.26. The fourth-order valence-electron chi connectivity index (χ4n) is 2.25. The van der Waals surface area contributed by atoms with Crippen molar-refractivity contribution in [2.75, 3.05) is 7.11 Å². The van der Waals surface area contributed by atoms with E-state index in [0.717, 1.165) is 22.1 Å². The van der Waals surface area contributed by atoms with E-state index in [1.54, 1.807) is 13.3 Å². The number of hydrogen-bond donors (Lipinski definition) is 1. The summed E-state index contributed by atoms with van der Waals surface area (Å²) in [6.45, 7) is 0. The number of pyridine rings is 1. The first kappa shape index (κ1) is 12.6. The highest BCUT2D eigenvalue weighted by Gasteiger charge is 2.11. The lowest BCUT2D eigenvalue weighted by molar-refractivity contribution is 0.215. The van der Waals surface area contributed by atoms with Crippen LogP contribution in [0.2, 0.25) is 0 Å². The predicted molar refractivity (Wildman–Crippen MR) is 78.8 cm³/mol. The summed E-state index contributed by atoms with van der Waals surface area (Å²) in [5.41, 5.74) is 1.49. The van der Waals surface area contributed by atoms with Crippen molar-refractivity contribution < 1.29 is 9.84 Å². The van der Waals surface area contributed by atoms with Crippen LogP contribution in [0.15, 0.2) is 60.8 Å². The van der Waals surface area contributed by atoms with E-state index in [1.807, 2.05) is 54.6 Å². The molecule has 0 spiro atoms. The second-order valence-corrected chi connectivity index (χ2v) is 4.63. The van der Waals surface area contributed by atoms with Gasteiger partial charge in [0.15, 0.2) is 0 Å². The summed E-state index contributed by atoms with van der Waals surface area (Å²) in [6, 6.07) is 17.3. The van der Waals surface area contributed by atoms with Gasteiger partial charge in [-0.25, -0.2) is 0 Å². The minimum Gasteiger partial charge on any atom is -0.497 e. The zero-order valence-corrected chi connectivity index (χ0v) is 11.2. The van der Waals surface area contributed by atoms with E-state index in [2.05, 4.69) is 4.98 Å². The minimum atomic E-state index is -0.706. The van der Waals surface area contributed by atoms with E-state index in [9.17, 15) is 5.11 Å². The molecule has 20 heavy (non-hydrogen) atoms. The molecule has 1 heterocycles. The van der Waals surface area contributed by atoms with Crippen molar-refractivity contribution in [2.45, 2.75) is 6.10 Å². The lowest BCUT2D eigenvalue weighted by Crippen LogP contribution is -2.01. The lowest BCUT2D eigenvalue weighted by Gasteiger charge is -2.11. The lowest BCUT2D eigenvalue weighted by atomic mass is 10.0. The van der Waals surface area contributed by atoms with Gasteiger partial charge in [-0.2, -0.15) is 0 Å². The number of ether oxygens (including phenoxy) is 1. The van der Waals surface area contributed by atoms with Gasteiger partial charge in [0.05, 0.1) is 12.8 Å². The highest BCUT2D eigenvalue weighted by molar-refractivity contribution is 5.84. The zero-order chi connectivity index (χ0) is 13.9. The Balaban J connectivity index is 2.01. The van der Waals surface area contributed by atoms with Crippen LogP contribution in [0.3, 0.4) is 0 Å². The van der Waals surface area contributed by atoms with Crippen LogP contribution in [0.4, 0.5) is 0 Å². The van der Waals surface area contributed by atoms with Gasteiger partial charge in [-0.05, 0) is 46.7 Å². The Bertz CT molecular complexity index is 725. The average Bonchev–Trinajstić information content (AvgIpc) is 2.54. The molecule has 3 nitrogen and oxygen atoms in total. The van der Waals surface area contributed by atoms with Crippen molar-refractivity contribution in [3.8, 4) is 5.75 Å². The number of aromatic nitrogens is 1. The molecule has 3 heteroatoms. The third-order valence-electron chi connectivity index (χ3n) is 3.36. The number of benzene rings is 2. The van der Waals surface area contributed by atoms with Crippen LogP contribution in [0.25, 0.3) is 10.8 Å². The van der Waals surface area contributed by atoms with E-state index in [0.29, 0.717) is 5.69 Å². The normalized spacial score (nSPS) is 12.3. The van der Waals surface area contributed by atoms with Crippen molar-refractivity contribution in [3.63, 3.8) is 0 Å². The minimum absolute atomic E-state index is 0.653. The van der Waals surface area contributed by atoms with E-state index in [4.69, 9.17) is 4.74 Å². The zero-order valence-electron chi connectivity index (χ0n) is 11.2. The Morgan fingerprint density at radius 1 is 1.00 bits per heavy atom. The van der Waals surface area contributed by atoms with E-state index in [-0.39, 0.29) is 0 Å². The number of fused-ring (bicyclic) bond motifs is 1. The number of aliphatic hydroxyl groups excluding tert-OH is 1. The summed E-state index contributed by atoms with van der Waals surface area (Å²) in [5, 5.41) is 12.5. The average molecular weight is 265 g/mol. The maximum absolute atomic E-state index is 10.4. The molecule has 0 saturated heterocycles. The molecule has 0 aliphatic carbocycles. The second-order valence-electron chi connectivity index (χ2n) is 4.63. The summed E-state index contributed by atoms with van der Waals surface area (Å²) in [4.78, 5) is 4.19. The van der Waals surface area contributed by atoms with Crippen molar-refractivity contribution >= 4 is 10.8 Å². The van der Waals surface area contributed by atoms with Crippen LogP contribution in [-0.2, 0) is 0 Å². The summed E-state index contributed by atoms with van der Waals surface area (Å²) in [6.07, 6.45) is 0.979. The molecule has 0 amide bonds. The Hall–Kier alpha value is -2.39. The largest absolute Gasteiger partial charge is 0.497 e. The third-order valence-corrected chi connectivity index (χ3v) is 3.36. The number of hydrogen-bond acceptors (Lipinski definition) is 3. The first-order valence-corrected chi connectivity index (χ1v) is 6.44. The van der Waals surface area contributed by atoms with Crippen molar-refractivity contribution in [1.29, 1.82) is 0 Å². The summed E-state index contributed by atoms with van der Waals surface area (Å²) < 4.78 is 5.21. The molecular weight excluding hydrogens is 250 g/mol. The Kier molecular flexibility index (Phi) is 3.35. The number of nitrogens with zero attached hydrogens (tertiary/aromatic N) is 1. The predicted octanol–water partition coefficient (Wildman–Crippen LogP) is 3.33. The third kappa shape index (κ3) is 2.36. The standard InChI is InChI=1S/C17H15NO2/c1-20-15-8-7-12-10-14(6-5-13(12)11-15)17(19)16-4-2-3-9-18-16/h2-11,17,19H,1H3/t17-/m1/s1. The quantitative estimate of drug-likeness (QED) is 0.790. The fraction of sp³-hybridized carbons (Fsp3) is 0.118. The second kappa shape index (κ2) is 5.31. The molecule has 0 radical (unpaired) electrons. The SMILES string of the molecule is COc1ccc2cc([C@@H](O)c3ccccn3)ccc2c1. The van der Waals surface area contributed by atoms with Gasteiger partial charge in [0.25, 0.3) is 0 Å². The maximum Gasteiger partial charge on any atom is 0.121 e. The van der Waals surface area contributed by atoms with Gasteiger partial charge in [0.1, 0.15) is 11.9 Å². The van der Waals surface area contributed by atoms with E-state index in [1.165, 1.54) is 0 Å². The Morgan fingerprint density at radius 2 is 1.80 bits per heavy atom. The van der Waals surface area contributed by atoms with Crippen LogP contribution in [0, 0.1) is 0 Å². The number of aliphatic hydroxyl groups is 1. The first-order valence-electron chi connectivity index (χ1n) is 6.44. The monoisotopic (exact) mass is 265 g/mol. The smallest absolute Gasteiger partial charge is 0.121 e. The van der Waals surface area contributed by atoms with Gasteiger partial charge in [-0.1, -0.05) is 24.3 Å². The molecule has 1 atom stereocenters. The molecule has 1 N–H and O–H groups in total. The van der Waals surface area contributed by atoms with E-state index < -0.39 is 6.10 Å². The topological polar surface area (TPSA) is 42.4 Å². The van der Waals surface area contributed by atoms with Crippen molar-refractivity contribution in [1.82, 2.24) is 4.98 Å². The highest BCUT2D eigenvalue weighted by atomic mass is 16.5. The molecular formula is C17H15NO2. The first-order chi connectivity index (χ1) is 9.78.